The highest BCUT2D eigenvalue weighted by Gasteiger charge is 2.24. The van der Waals surface area contributed by atoms with E-state index in [9.17, 15) is 9.50 Å². The van der Waals surface area contributed by atoms with Gasteiger partial charge in [-0.25, -0.2) is 14.4 Å². The first-order chi connectivity index (χ1) is 15.5. The summed E-state index contributed by atoms with van der Waals surface area (Å²) >= 11 is 6.37. The second kappa shape index (κ2) is 10.3. The first kappa shape index (κ1) is 22.5. The number of halogens is 2. The minimum Gasteiger partial charge on any atom is -0.378 e. The van der Waals surface area contributed by atoms with Crippen molar-refractivity contribution in [2.24, 2.45) is 0 Å². The monoisotopic (exact) mass is 459 g/mol. The Kier molecular flexibility index (Phi) is 7.24. The molecule has 3 aliphatic rings. The van der Waals surface area contributed by atoms with Crippen molar-refractivity contribution >= 4 is 17.5 Å². The van der Waals surface area contributed by atoms with Gasteiger partial charge in [-0.15, -0.1) is 0 Å². The Bertz CT molecular complexity index is 971. The van der Waals surface area contributed by atoms with Crippen molar-refractivity contribution in [2.75, 3.05) is 31.6 Å². The van der Waals surface area contributed by atoms with Crippen LogP contribution in [-0.2, 0) is 4.74 Å². The van der Waals surface area contributed by atoms with Gasteiger partial charge in [0.2, 0.25) is 5.95 Å². The summed E-state index contributed by atoms with van der Waals surface area (Å²) in [5, 5.41) is 16.3. The molecule has 9 heteroatoms. The molecule has 0 radical (unpaired) electrons. The lowest BCUT2D eigenvalue weighted by Crippen LogP contribution is -2.37. The van der Waals surface area contributed by atoms with Gasteiger partial charge in [0.15, 0.2) is 0 Å². The SMILES string of the molecule is C=CC(O)NC1=CC(F)=CC(c2nc(NC3C=CC=C(N4CCOCC4)C3)ncc2Cl)C1. The predicted molar refractivity (Wildman–Crippen MR) is 123 cm³/mol. The third kappa shape index (κ3) is 5.56. The van der Waals surface area contributed by atoms with Crippen LogP contribution in [0.5, 0.6) is 0 Å². The molecule has 170 valence electrons. The smallest absolute Gasteiger partial charge is 0.223 e. The summed E-state index contributed by atoms with van der Waals surface area (Å²) in [5.74, 6) is -0.368. The van der Waals surface area contributed by atoms with Gasteiger partial charge < -0.3 is 25.4 Å². The van der Waals surface area contributed by atoms with E-state index in [0.29, 0.717) is 28.8 Å². The van der Waals surface area contributed by atoms with Crippen molar-refractivity contribution in [1.29, 1.82) is 0 Å². The van der Waals surface area contributed by atoms with E-state index in [1.807, 2.05) is 6.08 Å². The Hall–Kier alpha value is -2.68. The van der Waals surface area contributed by atoms with E-state index in [1.165, 1.54) is 30.1 Å². The van der Waals surface area contributed by atoms with Crippen molar-refractivity contribution in [3.63, 3.8) is 0 Å². The van der Waals surface area contributed by atoms with Crippen molar-refractivity contribution in [2.45, 2.75) is 31.0 Å². The van der Waals surface area contributed by atoms with Gasteiger partial charge in [-0.2, -0.15) is 0 Å². The molecule has 2 aliphatic carbocycles. The third-order valence-electron chi connectivity index (χ3n) is 5.58. The standard InChI is InChI=1S/C23H27ClFN5O2/c1-2-21(31)27-18-11-15(10-16(25)12-18)22-20(24)14-26-23(29-22)28-17-4-3-5-19(13-17)30-6-8-32-9-7-30/h2-5,10,12,14-15,17,21,27,31H,1,6-9,11,13H2,(H,26,28,29). The first-order valence-electron chi connectivity index (χ1n) is 10.7. The summed E-state index contributed by atoms with van der Waals surface area (Å²) in [6, 6.07) is 0.0327. The van der Waals surface area contributed by atoms with Gasteiger partial charge >= 0.3 is 0 Å². The number of aliphatic hydroxyl groups excluding tert-OH is 1. The number of aliphatic hydroxyl groups is 1. The minimum absolute atomic E-state index is 0.0327. The molecule has 3 unspecified atom stereocenters. The van der Waals surface area contributed by atoms with Gasteiger partial charge in [-0.3, -0.25) is 0 Å². The molecule has 1 aromatic heterocycles. The topological polar surface area (TPSA) is 82.5 Å². The van der Waals surface area contributed by atoms with Crippen molar-refractivity contribution in [3.05, 3.63) is 77.2 Å². The van der Waals surface area contributed by atoms with E-state index in [-0.39, 0.29) is 12.0 Å². The third-order valence-corrected chi connectivity index (χ3v) is 5.88. The van der Waals surface area contributed by atoms with Crippen LogP contribution in [0.3, 0.4) is 0 Å². The molecule has 32 heavy (non-hydrogen) atoms. The van der Waals surface area contributed by atoms with Crippen LogP contribution in [0.4, 0.5) is 10.3 Å². The highest BCUT2D eigenvalue weighted by Crippen LogP contribution is 2.34. The van der Waals surface area contributed by atoms with Gasteiger partial charge in [0.25, 0.3) is 0 Å². The van der Waals surface area contributed by atoms with Crippen LogP contribution in [0.2, 0.25) is 5.02 Å². The molecule has 2 heterocycles. The molecular weight excluding hydrogens is 433 g/mol. The Morgan fingerprint density at radius 2 is 2.16 bits per heavy atom. The van der Waals surface area contributed by atoms with Crippen LogP contribution in [0.15, 0.2) is 66.5 Å². The highest BCUT2D eigenvalue weighted by atomic mass is 35.5. The van der Waals surface area contributed by atoms with Crippen LogP contribution in [0.25, 0.3) is 0 Å². The number of morpholine rings is 1. The fourth-order valence-corrected chi connectivity index (χ4v) is 4.24. The van der Waals surface area contributed by atoms with Crippen LogP contribution in [-0.4, -0.2) is 58.5 Å². The molecule has 4 rings (SSSR count). The summed E-state index contributed by atoms with van der Waals surface area (Å²) in [4.78, 5) is 11.3. The molecule has 3 atom stereocenters. The Balaban J connectivity index is 1.45. The van der Waals surface area contributed by atoms with Gasteiger partial charge in [0.1, 0.15) is 12.1 Å². The number of anilines is 1. The van der Waals surface area contributed by atoms with Gasteiger partial charge in [-0.1, -0.05) is 30.3 Å². The van der Waals surface area contributed by atoms with Crippen LogP contribution in [0, 0.1) is 0 Å². The fraction of sp³-hybridized carbons (Fsp3) is 0.391. The number of aromatic nitrogens is 2. The van der Waals surface area contributed by atoms with E-state index >= 15 is 0 Å². The van der Waals surface area contributed by atoms with E-state index in [4.69, 9.17) is 16.3 Å². The minimum atomic E-state index is -0.960. The van der Waals surface area contributed by atoms with Crippen LogP contribution in [0.1, 0.15) is 24.5 Å². The van der Waals surface area contributed by atoms with Crippen LogP contribution >= 0.6 is 11.6 Å². The second-order valence-corrected chi connectivity index (χ2v) is 8.29. The molecule has 0 aromatic carbocycles. The Labute approximate surface area is 192 Å². The van der Waals surface area contributed by atoms with Crippen LogP contribution < -0.4 is 10.6 Å². The summed E-state index contributed by atoms with van der Waals surface area (Å²) < 4.78 is 19.7. The van der Waals surface area contributed by atoms with Gasteiger partial charge in [0.05, 0.1) is 36.2 Å². The number of rotatable bonds is 7. The summed E-state index contributed by atoms with van der Waals surface area (Å²) in [6.07, 6.45) is 12.2. The molecule has 7 nitrogen and oxygen atoms in total. The largest absolute Gasteiger partial charge is 0.378 e. The molecule has 1 aliphatic heterocycles. The van der Waals surface area contributed by atoms with E-state index in [1.54, 1.807) is 0 Å². The Morgan fingerprint density at radius 1 is 1.34 bits per heavy atom. The lowest BCUT2D eigenvalue weighted by Gasteiger charge is -2.33. The lowest BCUT2D eigenvalue weighted by molar-refractivity contribution is 0.0518. The number of nitrogens with zero attached hydrogens (tertiary/aromatic N) is 3. The van der Waals surface area contributed by atoms with Crippen molar-refractivity contribution in [3.8, 4) is 0 Å². The quantitative estimate of drug-likeness (QED) is 0.425. The number of hydrogen-bond donors (Lipinski definition) is 3. The fourth-order valence-electron chi connectivity index (χ4n) is 4.01. The van der Waals surface area contributed by atoms with Crippen molar-refractivity contribution in [1.82, 2.24) is 20.2 Å². The number of allylic oxidation sites excluding steroid dienone is 6. The maximum absolute atomic E-state index is 14.3. The second-order valence-electron chi connectivity index (χ2n) is 7.88. The molecule has 1 saturated heterocycles. The van der Waals surface area contributed by atoms with Crippen molar-refractivity contribution < 1.29 is 14.2 Å². The molecule has 1 aromatic rings. The number of hydrogen-bond acceptors (Lipinski definition) is 7. The van der Waals surface area contributed by atoms with Gasteiger partial charge in [0, 0.05) is 36.8 Å². The molecule has 1 fully saturated rings. The number of nitrogens with one attached hydrogen (secondary N) is 2. The normalized spacial score (nSPS) is 24.2. The predicted octanol–water partition coefficient (Wildman–Crippen LogP) is 3.41. The molecule has 0 bridgehead atoms. The molecular formula is C23H27ClFN5O2. The summed E-state index contributed by atoms with van der Waals surface area (Å²) in [6.45, 7) is 6.77. The molecule has 3 N–H and O–H groups in total. The zero-order valence-electron chi connectivity index (χ0n) is 17.7. The molecule has 0 amide bonds. The average Bonchev–Trinajstić information content (AvgIpc) is 2.80. The zero-order valence-corrected chi connectivity index (χ0v) is 18.4. The molecule has 0 saturated carbocycles. The van der Waals surface area contributed by atoms with Gasteiger partial charge in [-0.05, 0) is 30.7 Å². The zero-order chi connectivity index (χ0) is 22.5. The average molecular weight is 460 g/mol. The Morgan fingerprint density at radius 3 is 2.94 bits per heavy atom. The van der Waals surface area contributed by atoms with E-state index in [2.05, 4.69) is 44.2 Å². The maximum Gasteiger partial charge on any atom is 0.223 e. The van der Waals surface area contributed by atoms with E-state index in [0.717, 1.165) is 32.7 Å². The number of ether oxygens (including phenoxy) is 1. The summed E-state index contributed by atoms with van der Waals surface area (Å²) in [7, 11) is 0. The first-order valence-corrected chi connectivity index (χ1v) is 11.0. The highest BCUT2D eigenvalue weighted by molar-refractivity contribution is 6.31. The maximum atomic E-state index is 14.3. The summed E-state index contributed by atoms with van der Waals surface area (Å²) in [5.41, 5.74) is 2.33. The lowest BCUT2D eigenvalue weighted by atomic mass is 9.94. The van der Waals surface area contributed by atoms with E-state index < -0.39 is 12.1 Å². The molecule has 0 spiro atoms.